The van der Waals surface area contributed by atoms with Crippen molar-refractivity contribution in [2.45, 2.75) is 19.4 Å². The number of methoxy groups -OCH3 is 1. The molecule has 0 bridgehead atoms. The minimum absolute atomic E-state index is 0.00282. The predicted octanol–water partition coefficient (Wildman–Crippen LogP) is 3.39. The summed E-state index contributed by atoms with van der Waals surface area (Å²) in [6, 6.07) is 4.39. The molecule has 0 radical (unpaired) electrons. The molecule has 0 amide bonds. The first-order valence-corrected chi connectivity index (χ1v) is 5.53. The van der Waals surface area contributed by atoms with Gasteiger partial charge in [0.15, 0.2) is 0 Å². The lowest BCUT2D eigenvalue weighted by Gasteiger charge is -2.15. The van der Waals surface area contributed by atoms with Gasteiger partial charge in [-0.25, -0.2) is 4.39 Å². The zero-order valence-electron chi connectivity index (χ0n) is 8.80. The average molecular weight is 277 g/mol. The van der Waals surface area contributed by atoms with E-state index in [1.165, 1.54) is 12.1 Å². The molecule has 1 rings (SSSR count). The topological polar surface area (TPSA) is 18.5 Å². The van der Waals surface area contributed by atoms with Crippen LogP contribution in [0.3, 0.4) is 0 Å². The molecule has 0 aliphatic rings. The first-order valence-electron chi connectivity index (χ1n) is 4.74. The van der Waals surface area contributed by atoms with Gasteiger partial charge in [-0.1, -0.05) is 0 Å². The van der Waals surface area contributed by atoms with E-state index in [2.05, 4.69) is 15.9 Å². The quantitative estimate of drug-likeness (QED) is 0.821. The Balaban J connectivity index is 2.59. The molecule has 0 spiro atoms. The van der Waals surface area contributed by atoms with Crippen LogP contribution in [0.5, 0.6) is 5.75 Å². The minimum Gasteiger partial charge on any atom is -0.489 e. The number of hydrogen-bond acceptors (Lipinski definition) is 2. The van der Waals surface area contributed by atoms with E-state index in [0.717, 1.165) is 10.9 Å². The maximum atomic E-state index is 12.9. The molecule has 4 heteroatoms. The van der Waals surface area contributed by atoms with Gasteiger partial charge < -0.3 is 9.47 Å². The summed E-state index contributed by atoms with van der Waals surface area (Å²) in [5.74, 6) is 0.228. The molecule has 0 aliphatic heterocycles. The van der Waals surface area contributed by atoms with Crippen LogP contribution in [0.25, 0.3) is 0 Å². The standard InChI is InChI=1S/C11H14BrFO2/c1-8(5-6-14-2)15-11-7-9(13)3-4-10(11)12/h3-4,7-8H,5-6H2,1-2H3. The van der Waals surface area contributed by atoms with Gasteiger partial charge in [0.2, 0.25) is 0 Å². The van der Waals surface area contributed by atoms with E-state index in [1.807, 2.05) is 6.92 Å². The van der Waals surface area contributed by atoms with Gasteiger partial charge in [0.05, 0.1) is 10.6 Å². The Kier molecular flexibility index (Phi) is 5.05. The van der Waals surface area contributed by atoms with Crippen LogP contribution in [0, 0.1) is 5.82 Å². The summed E-state index contributed by atoms with van der Waals surface area (Å²) < 4.78 is 24.2. The number of halogens is 2. The van der Waals surface area contributed by atoms with Crippen molar-refractivity contribution in [3.05, 3.63) is 28.5 Å². The van der Waals surface area contributed by atoms with Crippen LogP contribution in [-0.2, 0) is 4.74 Å². The largest absolute Gasteiger partial charge is 0.489 e. The number of hydrogen-bond donors (Lipinski definition) is 0. The van der Waals surface area contributed by atoms with Gasteiger partial charge in [0.1, 0.15) is 11.6 Å². The third-order valence-electron chi connectivity index (χ3n) is 1.95. The molecule has 0 saturated carbocycles. The lowest BCUT2D eigenvalue weighted by molar-refractivity contribution is 0.134. The Morgan fingerprint density at radius 3 is 2.87 bits per heavy atom. The summed E-state index contributed by atoms with van der Waals surface area (Å²) in [6.07, 6.45) is 0.780. The monoisotopic (exact) mass is 276 g/mol. The molecule has 1 aromatic carbocycles. The number of rotatable bonds is 5. The third-order valence-corrected chi connectivity index (χ3v) is 2.61. The second kappa shape index (κ2) is 6.08. The summed E-state index contributed by atoms with van der Waals surface area (Å²) in [6.45, 7) is 2.56. The fourth-order valence-corrected chi connectivity index (χ4v) is 1.47. The Bertz CT molecular complexity index is 317. The second-order valence-corrected chi connectivity index (χ2v) is 4.14. The zero-order valence-corrected chi connectivity index (χ0v) is 10.4. The van der Waals surface area contributed by atoms with Gasteiger partial charge in [-0.05, 0) is 35.0 Å². The van der Waals surface area contributed by atoms with Crippen LogP contribution in [0.2, 0.25) is 0 Å². The predicted molar refractivity (Wildman–Crippen MR) is 60.7 cm³/mol. The average Bonchev–Trinajstić information content (AvgIpc) is 2.20. The molecule has 0 aromatic heterocycles. The second-order valence-electron chi connectivity index (χ2n) is 3.28. The Hall–Kier alpha value is -0.610. The fourth-order valence-electron chi connectivity index (χ4n) is 1.13. The Labute approximate surface area is 97.5 Å². The number of ether oxygens (including phenoxy) is 2. The highest BCUT2D eigenvalue weighted by molar-refractivity contribution is 9.10. The smallest absolute Gasteiger partial charge is 0.136 e. The molecule has 0 fully saturated rings. The van der Waals surface area contributed by atoms with Gasteiger partial charge in [0.25, 0.3) is 0 Å². The highest BCUT2D eigenvalue weighted by atomic mass is 79.9. The van der Waals surface area contributed by atoms with Crippen LogP contribution in [-0.4, -0.2) is 19.8 Å². The van der Waals surface area contributed by atoms with Gasteiger partial charge in [-0.3, -0.25) is 0 Å². The molecule has 0 saturated heterocycles. The molecule has 1 unspecified atom stereocenters. The van der Waals surface area contributed by atoms with Crippen LogP contribution in [0.15, 0.2) is 22.7 Å². The van der Waals surface area contributed by atoms with E-state index in [0.29, 0.717) is 12.4 Å². The summed E-state index contributed by atoms with van der Waals surface area (Å²) in [5.41, 5.74) is 0. The summed E-state index contributed by atoms with van der Waals surface area (Å²) in [4.78, 5) is 0. The fraction of sp³-hybridized carbons (Fsp3) is 0.455. The van der Waals surface area contributed by atoms with E-state index >= 15 is 0 Å². The van der Waals surface area contributed by atoms with Crippen molar-refractivity contribution >= 4 is 15.9 Å². The molecular formula is C11H14BrFO2. The van der Waals surface area contributed by atoms with E-state index < -0.39 is 0 Å². The van der Waals surface area contributed by atoms with Gasteiger partial charge >= 0.3 is 0 Å². The van der Waals surface area contributed by atoms with E-state index in [-0.39, 0.29) is 11.9 Å². The molecule has 1 aromatic rings. The molecule has 15 heavy (non-hydrogen) atoms. The molecule has 1 atom stereocenters. The van der Waals surface area contributed by atoms with Gasteiger partial charge in [-0.2, -0.15) is 0 Å². The van der Waals surface area contributed by atoms with Crippen LogP contribution < -0.4 is 4.74 Å². The normalized spacial score (nSPS) is 12.5. The lowest BCUT2D eigenvalue weighted by atomic mass is 10.3. The zero-order chi connectivity index (χ0) is 11.3. The van der Waals surface area contributed by atoms with Crippen molar-refractivity contribution in [1.82, 2.24) is 0 Å². The van der Waals surface area contributed by atoms with Crippen molar-refractivity contribution in [3.63, 3.8) is 0 Å². The maximum Gasteiger partial charge on any atom is 0.136 e. The van der Waals surface area contributed by atoms with Crippen molar-refractivity contribution in [1.29, 1.82) is 0 Å². The molecule has 0 aliphatic carbocycles. The van der Waals surface area contributed by atoms with Gasteiger partial charge in [-0.15, -0.1) is 0 Å². The van der Waals surface area contributed by atoms with Crippen LogP contribution >= 0.6 is 15.9 Å². The van der Waals surface area contributed by atoms with Crippen molar-refractivity contribution in [2.75, 3.05) is 13.7 Å². The molecule has 2 nitrogen and oxygen atoms in total. The van der Waals surface area contributed by atoms with Crippen molar-refractivity contribution in [3.8, 4) is 5.75 Å². The Morgan fingerprint density at radius 1 is 1.47 bits per heavy atom. The summed E-state index contributed by atoms with van der Waals surface area (Å²) in [5, 5.41) is 0. The Morgan fingerprint density at radius 2 is 2.20 bits per heavy atom. The van der Waals surface area contributed by atoms with E-state index in [9.17, 15) is 4.39 Å². The first kappa shape index (κ1) is 12.5. The van der Waals surface area contributed by atoms with Gasteiger partial charge in [0, 0.05) is 26.2 Å². The molecule has 0 N–H and O–H groups in total. The highest BCUT2D eigenvalue weighted by Crippen LogP contribution is 2.26. The lowest BCUT2D eigenvalue weighted by Crippen LogP contribution is -2.14. The summed E-state index contributed by atoms with van der Waals surface area (Å²) >= 11 is 3.30. The van der Waals surface area contributed by atoms with E-state index in [4.69, 9.17) is 9.47 Å². The minimum atomic E-state index is -0.299. The third kappa shape index (κ3) is 4.18. The molecule has 84 valence electrons. The molecular weight excluding hydrogens is 263 g/mol. The van der Waals surface area contributed by atoms with Crippen molar-refractivity contribution < 1.29 is 13.9 Å². The maximum absolute atomic E-state index is 12.9. The van der Waals surface area contributed by atoms with Crippen LogP contribution in [0.1, 0.15) is 13.3 Å². The number of benzene rings is 1. The molecule has 0 heterocycles. The highest BCUT2D eigenvalue weighted by Gasteiger charge is 2.07. The summed E-state index contributed by atoms with van der Waals surface area (Å²) in [7, 11) is 1.64. The van der Waals surface area contributed by atoms with Crippen LogP contribution in [0.4, 0.5) is 4.39 Å². The van der Waals surface area contributed by atoms with E-state index in [1.54, 1.807) is 13.2 Å². The van der Waals surface area contributed by atoms with Crippen molar-refractivity contribution in [2.24, 2.45) is 0 Å². The first-order chi connectivity index (χ1) is 7.13. The SMILES string of the molecule is COCCC(C)Oc1cc(F)ccc1Br.